The predicted octanol–water partition coefficient (Wildman–Crippen LogP) is 2.21. The number of likely N-dealkylation sites (tertiary alicyclic amines) is 1. The highest BCUT2D eigenvalue weighted by atomic mass is 16.5. The van der Waals surface area contributed by atoms with E-state index in [0.717, 1.165) is 56.9 Å². The standard InChI is InChI=1S/C18H29N3O/c19-17-13-15-5-7-20-8-6-16(15)14-18(17)22-12-4-11-21-9-2-1-3-10-21/h13-14,20H,1-12,19H2. The minimum Gasteiger partial charge on any atom is -0.491 e. The van der Waals surface area contributed by atoms with E-state index >= 15 is 0 Å². The molecule has 0 amide bonds. The summed E-state index contributed by atoms with van der Waals surface area (Å²) >= 11 is 0. The SMILES string of the molecule is Nc1cc2c(cc1OCCCN1CCCCC1)CCNCC2. The van der Waals surface area contributed by atoms with Gasteiger partial charge in [-0.2, -0.15) is 0 Å². The number of rotatable bonds is 5. The van der Waals surface area contributed by atoms with E-state index in [-0.39, 0.29) is 0 Å². The van der Waals surface area contributed by atoms with Gasteiger partial charge in [0.2, 0.25) is 0 Å². The molecule has 0 spiro atoms. The summed E-state index contributed by atoms with van der Waals surface area (Å²) in [4.78, 5) is 2.55. The van der Waals surface area contributed by atoms with Crippen LogP contribution in [0.1, 0.15) is 36.8 Å². The third-order valence-electron chi connectivity index (χ3n) is 4.80. The van der Waals surface area contributed by atoms with Crippen LogP contribution in [0.4, 0.5) is 5.69 Å². The normalized spacial score (nSPS) is 19.5. The number of nitrogens with zero attached hydrogens (tertiary/aromatic N) is 1. The zero-order valence-electron chi connectivity index (χ0n) is 13.6. The average Bonchev–Trinajstić information content (AvgIpc) is 2.77. The van der Waals surface area contributed by atoms with Crippen molar-refractivity contribution in [3.05, 3.63) is 23.3 Å². The van der Waals surface area contributed by atoms with Crippen LogP contribution in [0.3, 0.4) is 0 Å². The summed E-state index contributed by atoms with van der Waals surface area (Å²) in [6.07, 6.45) is 7.32. The Morgan fingerprint density at radius 1 is 1.05 bits per heavy atom. The van der Waals surface area contributed by atoms with Crippen LogP contribution in [-0.2, 0) is 12.8 Å². The number of piperidine rings is 1. The molecule has 2 aliphatic rings. The van der Waals surface area contributed by atoms with Crippen molar-refractivity contribution >= 4 is 5.69 Å². The molecule has 2 aliphatic heterocycles. The lowest BCUT2D eigenvalue weighted by atomic mass is 10.0. The summed E-state index contributed by atoms with van der Waals surface area (Å²) < 4.78 is 5.96. The number of nitrogens with one attached hydrogen (secondary N) is 1. The van der Waals surface area contributed by atoms with Gasteiger partial charge >= 0.3 is 0 Å². The first-order chi connectivity index (χ1) is 10.8. The molecule has 0 aromatic heterocycles. The molecule has 1 aromatic carbocycles. The number of nitrogen functional groups attached to an aromatic ring is 1. The van der Waals surface area contributed by atoms with Crippen LogP contribution in [0.15, 0.2) is 12.1 Å². The van der Waals surface area contributed by atoms with Crippen LogP contribution in [-0.4, -0.2) is 44.2 Å². The fourth-order valence-electron chi connectivity index (χ4n) is 3.50. The Hall–Kier alpha value is -1.26. The first-order valence-electron chi connectivity index (χ1n) is 8.80. The topological polar surface area (TPSA) is 50.5 Å². The third kappa shape index (κ3) is 4.14. The van der Waals surface area contributed by atoms with Crippen molar-refractivity contribution in [3.63, 3.8) is 0 Å². The van der Waals surface area contributed by atoms with Gasteiger partial charge in [-0.1, -0.05) is 6.42 Å². The van der Waals surface area contributed by atoms with E-state index in [1.54, 1.807) is 0 Å². The van der Waals surface area contributed by atoms with Gasteiger partial charge in [-0.25, -0.2) is 0 Å². The molecule has 4 nitrogen and oxygen atoms in total. The first kappa shape index (κ1) is 15.6. The second-order valence-electron chi connectivity index (χ2n) is 6.51. The van der Waals surface area contributed by atoms with Gasteiger partial charge in [-0.15, -0.1) is 0 Å². The summed E-state index contributed by atoms with van der Waals surface area (Å²) in [7, 11) is 0. The first-order valence-corrected chi connectivity index (χ1v) is 8.80. The van der Waals surface area contributed by atoms with Crippen LogP contribution in [0, 0.1) is 0 Å². The number of hydrogen-bond donors (Lipinski definition) is 2. The molecule has 122 valence electrons. The largest absolute Gasteiger partial charge is 0.491 e. The molecule has 3 rings (SSSR count). The predicted molar refractivity (Wildman–Crippen MR) is 91.5 cm³/mol. The molecular formula is C18H29N3O. The number of hydrogen-bond acceptors (Lipinski definition) is 4. The van der Waals surface area contributed by atoms with E-state index in [0.29, 0.717) is 0 Å². The van der Waals surface area contributed by atoms with E-state index < -0.39 is 0 Å². The fourth-order valence-corrected chi connectivity index (χ4v) is 3.50. The number of benzene rings is 1. The van der Waals surface area contributed by atoms with Crippen molar-refractivity contribution in [2.75, 3.05) is 45.1 Å². The fraction of sp³-hybridized carbons (Fsp3) is 0.667. The van der Waals surface area contributed by atoms with E-state index in [9.17, 15) is 0 Å². The molecule has 0 aliphatic carbocycles. The Labute approximate surface area is 134 Å². The van der Waals surface area contributed by atoms with E-state index in [4.69, 9.17) is 10.5 Å². The molecule has 0 saturated carbocycles. The smallest absolute Gasteiger partial charge is 0.142 e. The lowest BCUT2D eigenvalue weighted by molar-refractivity contribution is 0.205. The minimum absolute atomic E-state index is 0.762. The van der Waals surface area contributed by atoms with Gasteiger partial charge in [0.15, 0.2) is 0 Å². The van der Waals surface area contributed by atoms with Crippen LogP contribution in [0.5, 0.6) is 5.75 Å². The molecule has 0 atom stereocenters. The highest BCUT2D eigenvalue weighted by Crippen LogP contribution is 2.27. The second kappa shape index (κ2) is 7.84. The highest BCUT2D eigenvalue weighted by Gasteiger charge is 2.12. The highest BCUT2D eigenvalue weighted by molar-refractivity contribution is 5.57. The maximum atomic E-state index is 6.16. The zero-order valence-corrected chi connectivity index (χ0v) is 13.6. The molecule has 1 fully saturated rings. The number of ether oxygens (including phenoxy) is 1. The lowest BCUT2D eigenvalue weighted by Gasteiger charge is -2.26. The zero-order chi connectivity index (χ0) is 15.2. The number of nitrogens with two attached hydrogens (primary N) is 1. The van der Waals surface area contributed by atoms with Crippen molar-refractivity contribution in [1.82, 2.24) is 10.2 Å². The molecule has 22 heavy (non-hydrogen) atoms. The van der Waals surface area contributed by atoms with E-state index in [1.165, 1.54) is 43.5 Å². The van der Waals surface area contributed by atoms with Crippen LogP contribution < -0.4 is 15.8 Å². The molecule has 4 heteroatoms. The third-order valence-corrected chi connectivity index (χ3v) is 4.80. The maximum Gasteiger partial charge on any atom is 0.142 e. The quantitative estimate of drug-likeness (QED) is 0.647. The summed E-state index contributed by atoms with van der Waals surface area (Å²) in [5.41, 5.74) is 9.73. The van der Waals surface area contributed by atoms with Crippen LogP contribution in [0.25, 0.3) is 0 Å². The number of fused-ring (bicyclic) bond motifs is 1. The minimum atomic E-state index is 0.762. The van der Waals surface area contributed by atoms with Gasteiger partial charge in [0.25, 0.3) is 0 Å². The van der Waals surface area contributed by atoms with Gasteiger partial charge in [0, 0.05) is 6.54 Å². The molecule has 0 bridgehead atoms. The van der Waals surface area contributed by atoms with Crippen molar-refractivity contribution in [3.8, 4) is 5.75 Å². The van der Waals surface area contributed by atoms with Gasteiger partial charge in [0.1, 0.15) is 5.75 Å². The molecule has 3 N–H and O–H groups in total. The van der Waals surface area contributed by atoms with E-state index in [2.05, 4.69) is 22.3 Å². The Balaban J connectivity index is 1.50. The monoisotopic (exact) mass is 303 g/mol. The Morgan fingerprint density at radius 3 is 2.55 bits per heavy atom. The molecule has 2 heterocycles. The lowest BCUT2D eigenvalue weighted by Crippen LogP contribution is -2.31. The molecule has 1 aromatic rings. The second-order valence-corrected chi connectivity index (χ2v) is 6.51. The van der Waals surface area contributed by atoms with Gasteiger partial charge < -0.3 is 20.7 Å². The van der Waals surface area contributed by atoms with Crippen LogP contribution in [0.2, 0.25) is 0 Å². The van der Waals surface area contributed by atoms with Crippen molar-refractivity contribution in [2.45, 2.75) is 38.5 Å². The Morgan fingerprint density at radius 2 is 1.77 bits per heavy atom. The van der Waals surface area contributed by atoms with Crippen molar-refractivity contribution < 1.29 is 4.74 Å². The van der Waals surface area contributed by atoms with Gasteiger partial charge in [-0.05, 0) is 81.5 Å². The Kier molecular flexibility index (Phi) is 5.57. The molecule has 1 saturated heterocycles. The summed E-state index contributed by atoms with van der Waals surface area (Å²) in [5.74, 6) is 0.874. The summed E-state index contributed by atoms with van der Waals surface area (Å²) in [5, 5.41) is 3.43. The van der Waals surface area contributed by atoms with Crippen molar-refractivity contribution in [2.24, 2.45) is 0 Å². The maximum absolute atomic E-state index is 6.16. The molecule has 0 unspecified atom stereocenters. The summed E-state index contributed by atoms with van der Waals surface area (Å²) in [6.45, 7) is 6.52. The summed E-state index contributed by atoms with van der Waals surface area (Å²) in [6, 6.07) is 4.28. The van der Waals surface area contributed by atoms with Crippen molar-refractivity contribution in [1.29, 1.82) is 0 Å². The molecule has 0 radical (unpaired) electrons. The Bertz CT molecular complexity index is 483. The molecular weight excluding hydrogens is 274 g/mol. The van der Waals surface area contributed by atoms with Gasteiger partial charge in [0.05, 0.1) is 12.3 Å². The average molecular weight is 303 g/mol. The van der Waals surface area contributed by atoms with Crippen LogP contribution >= 0.6 is 0 Å². The number of anilines is 1. The van der Waals surface area contributed by atoms with E-state index in [1.807, 2.05) is 0 Å². The van der Waals surface area contributed by atoms with Gasteiger partial charge in [-0.3, -0.25) is 0 Å².